The molecule has 0 fully saturated rings. The summed E-state index contributed by atoms with van der Waals surface area (Å²) in [5, 5.41) is 7.23. The van der Waals surface area contributed by atoms with Crippen LogP contribution in [-0.2, 0) is 11.3 Å². The van der Waals surface area contributed by atoms with Crippen molar-refractivity contribution in [3.8, 4) is 0 Å². The van der Waals surface area contributed by atoms with Gasteiger partial charge in [-0.05, 0) is 6.92 Å². The first-order valence-corrected chi connectivity index (χ1v) is 4.54. The molecule has 0 aromatic carbocycles. The van der Waals surface area contributed by atoms with Crippen molar-refractivity contribution in [2.45, 2.75) is 13.5 Å². The number of nitrogens with zero attached hydrogens (tertiary/aromatic N) is 3. The Hall–Kier alpha value is -0.940. The van der Waals surface area contributed by atoms with Crippen LogP contribution in [-0.4, -0.2) is 41.1 Å². The summed E-state index contributed by atoms with van der Waals surface area (Å²) in [6, 6.07) is 0. The molecule has 0 radical (unpaired) electrons. The summed E-state index contributed by atoms with van der Waals surface area (Å²) in [5.41, 5.74) is 0. The fraction of sp³-hybridized carbons (Fsp3) is 0.750. The molecule has 0 saturated heterocycles. The van der Waals surface area contributed by atoms with Crippen LogP contribution >= 0.6 is 0 Å². The molecule has 5 nitrogen and oxygen atoms in total. The topological polar surface area (TPSA) is 52.0 Å². The highest BCUT2D eigenvalue weighted by Gasteiger charge is 1.90. The fourth-order valence-corrected chi connectivity index (χ4v) is 0.955. The highest BCUT2D eigenvalue weighted by molar-refractivity contribution is 4.56. The van der Waals surface area contributed by atoms with Crippen molar-refractivity contribution in [1.82, 2.24) is 20.1 Å². The van der Waals surface area contributed by atoms with Crippen molar-refractivity contribution < 1.29 is 4.74 Å². The maximum atomic E-state index is 5.17. The van der Waals surface area contributed by atoms with Crippen molar-refractivity contribution >= 4 is 0 Å². The van der Waals surface area contributed by atoms with E-state index >= 15 is 0 Å². The van der Waals surface area contributed by atoms with Gasteiger partial charge in [-0.3, -0.25) is 4.68 Å². The third-order valence-electron chi connectivity index (χ3n) is 1.61. The van der Waals surface area contributed by atoms with Crippen LogP contribution in [0.2, 0.25) is 0 Å². The molecule has 5 heteroatoms. The van der Waals surface area contributed by atoms with Crippen LogP contribution in [0.3, 0.4) is 0 Å². The third kappa shape index (κ3) is 4.59. The van der Waals surface area contributed by atoms with Gasteiger partial charge in [0.1, 0.15) is 12.7 Å². The molecule has 0 spiro atoms. The summed E-state index contributed by atoms with van der Waals surface area (Å²) < 4.78 is 6.97. The van der Waals surface area contributed by atoms with Gasteiger partial charge in [-0.1, -0.05) is 0 Å². The van der Waals surface area contributed by atoms with E-state index < -0.39 is 0 Å². The molecule has 74 valence electrons. The Labute approximate surface area is 78.1 Å². The zero-order chi connectivity index (χ0) is 9.36. The average Bonchev–Trinajstić information content (AvgIpc) is 2.63. The van der Waals surface area contributed by atoms with E-state index in [2.05, 4.69) is 15.4 Å². The quantitative estimate of drug-likeness (QED) is 0.601. The molecule has 1 N–H and O–H groups in total. The first-order valence-electron chi connectivity index (χ1n) is 4.54. The van der Waals surface area contributed by atoms with Gasteiger partial charge in [0, 0.05) is 19.7 Å². The summed E-state index contributed by atoms with van der Waals surface area (Å²) >= 11 is 0. The number of nitrogens with one attached hydrogen (secondary N) is 1. The van der Waals surface area contributed by atoms with Gasteiger partial charge >= 0.3 is 0 Å². The van der Waals surface area contributed by atoms with Gasteiger partial charge in [-0.15, -0.1) is 0 Å². The SMILES string of the molecule is CCOCCNCCn1cncn1. The van der Waals surface area contributed by atoms with Gasteiger partial charge in [0.25, 0.3) is 0 Å². The molecule has 1 rings (SSSR count). The molecule has 1 heterocycles. The summed E-state index contributed by atoms with van der Waals surface area (Å²) in [4.78, 5) is 3.85. The van der Waals surface area contributed by atoms with Crippen molar-refractivity contribution in [2.24, 2.45) is 0 Å². The molecular formula is C8H16N4O. The number of hydrogen-bond acceptors (Lipinski definition) is 4. The lowest BCUT2D eigenvalue weighted by molar-refractivity contribution is 0.149. The largest absolute Gasteiger partial charge is 0.380 e. The predicted octanol–water partition coefficient (Wildman–Crippen LogP) is -0.0958. The molecule has 0 aliphatic carbocycles. The minimum Gasteiger partial charge on any atom is -0.380 e. The fourth-order valence-electron chi connectivity index (χ4n) is 0.955. The first kappa shape index (κ1) is 10.1. The van der Waals surface area contributed by atoms with Gasteiger partial charge < -0.3 is 10.1 Å². The highest BCUT2D eigenvalue weighted by atomic mass is 16.5. The van der Waals surface area contributed by atoms with E-state index in [0.29, 0.717) is 0 Å². The van der Waals surface area contributed by atoms with Crippen LogP contribution in [0.25, 0.3) is 0 Å². The van der Waals surface area contributed by atoms with E-state index in [1.165, 1.54) is 0 Å². The van der Waals surface area contributed by atoms with Crippen molar-refractivity contribution in [3.63, 3.8) is 0 Å². The van der Waals surface area contributed by atoms with Crippen LogP contribution in [0.4, 0.5) is 0 Å². The summed E-state index contributed by atoms with van der Waals surface area (Å²) in [5.74, 6) is 0. The summed E-state index contributed by atoms with van der Waals surface area (Å²) in [6.07, 6.45) is 3.25. The van der Waals surface area contributed by atoms with Gasteiger partial charge in [0.2, 0.25) is 0 Å². The number of ether oxygens (including phenoxy) is 1. The first-order chi connectivity index (χ1) is 6.43. The zero-order valence-corrected chi connectivity index (χ0v) is 7.94. The smallest absolute Gasteiger partial charge is 0.137 e. The molecule has 0 aliphatic heterocycles. The van der Waals surface area contributed by atoms with E-state index in [9.17, 15) is 0 Å². The lowest BCUT2D eigenvalue weighted by atomic mass is 10.6. The molecule has 1 aromatic heterocycles. The second-order valence-electron chi connectivity index (χ2n) is 2.61. The highest BCUT2D eigenvalue weighted by Crippen LogP contribution is 1.77. The maximum Gasteiger partial charge on any atom is 0.137 e. The Bertz CT molecular complexity index is 200. The maximum absolute atomic E-state index is 5.17. The van der Waals surface area contributed by atoms with Crippen LogP contribution in [0, 0.1) is 0 Å². The Morgan fingerprint density at radius 3 is 3.08 bits per heavy atom. The number of hydrogen-bond donors (Lipinski definition) is 1. The predicted molar refractivity (Wildman–Crippen MR) is 49.4 cm³/mol. The standard InChI is InChI=1S/C8H16N4O/c1-2-13-6-4-9-3-5-12-8-10-7-11-12/h7-9H,2-6H2,1H3. The molecule has 1 aromatic rings. The Balaban J connectivity index is 1.90. The minimum atomic E-state index is 0.772. The van der Waals surface area contributed by atoms with Crippen LogP contribution < -0.4 is 5.32 Å². The molecule has 0 bridgehead atoms. The number of rotatable bonds is 7. The summed E-state index contributed by atoms with van der Waals surface area (Å²) in [6.45, 7) is 6.19. The Morgan fingerprint density at radius 2 is 2.38 bits per heavy atom. The zero-order valence-electron chi connectivity index (χ0n) is 7.94. The van der Waals surface area contributed by atoms with Crippen LogP contribution in [0.5, 0.6) is 0 Å². The molecule has 0 unspecified atom stereocenters. The van der Waals surface area contributed by atoms with Gasteiger partial charge in [-0.25, -0.2) is 4.98 Å². The van der Waals surface area contributed by atoms with Crippen molar-refractivity contribution in [1.29, 1.82) is 0 Å². The monoisotopic (exact) mass is 184 g/mol. The second-order valence-corrected chi connectivity index (χ2v) is 2.61. The van der Waals surface area contributed by atoms with Crippen molar-refractivity contribution in [2.75, 3.05) is 26.3 Å². The van der Waals surface area contributed by atoms with Gasteiger partial charge in [0.15, 0.2) is 0 Å². The van der Waals surface area contributed by atoms with E-state index in [-0.39, 0.29) is 0 Å². The van der Waals surface area contributed by atoms with Crippen LogP contribution in [0.1, 0.15) is 6.92 Å². The van der Waals surface area contributed by atoms with Crippen LogP contribution in [0.15, 0.2) is 12.7 Å². The lowest BCUT2D eigenvalue weighted by Gasteiger charge is -2.04. The molecule has 0 aliphatic rings. The molecule has 0 saturated carbocycles. The van der Waals surface area contributed by atoms with E-state index in [0.717, 1.165) is 32.8 Å². The second kappa shape index (κ2) is 6.56. The van der Waals surface area contributed by atoms with E-state index in [1.807, 2.05) is 6.92 Å². The third-order valence-corrected chi connectivity index (χ3v) is 1.61. The summed E-state index contributed by atoms with van der Waals surface area (Å²) in [7, 11) is 0. The van der Waals surface area contributed by atoms with E-state index in [4.69, 9.17) is 4.74 Å². The normalized spacial score (nSPS) is 10.5. The average molecular weight is 184 g/mol. The Morgan fingerprint density at radius 1 is 1.46 bits per heavy atom. The molecule has 0 amide bonds. The Kier molecular flexibility index (Phi) is 5.12. The number of aromatic nitrogens is 3. The minimum absolute atomic E-state index is 0.772. The lowest BCUT2D eigenvalue weighted by Crippen LogP contribution is -2.24. The van der Waals surface area contributed by atoms with Crippen molar-refractivity contribution in [3.05, 3.63) is 12.7 Å². The molecular weight excluding hydrogens is 168 g/mol. The molecule has 13 heavy (non-hydrogen) atoms. The molecule has 0 atom stereocenters. The van der Waals surface area contributed by atoms with Gasteiger partial charge in [-0.2, -0.15) is 5.10 Å². The van der Waals surface area contributed by atoms with Gasteiger partial charge in [0.05, 0.1) is 13.2 Å². The van der Waals surface area contributed by atoms with E-state index in [1.54, 1.807) is 17.3 Å².